The summed E-state index contributed by atoms with van der Waals surface area (Å²) in [6.07, 6.45) is 5.80. The van der Waals surface area contributed by atoms with Crippen LogP contribution in [0.25, 0.3) is 0 Å². The van der Waals surface area contributed by atoms with Gasteiger partial charge in [0.1, 0.15) is 17.7 Å². The van der Waals surface area contributed by atoms with E-state index in [0.717, 1.165) is 45.6 Å². The number of nitrogens with zero attached hydrogens (tertiary/aromatic N) is 1. The van der Waals surface area contributed by atoms with Crippen LogP contribution in [-0.4, -0.2) is 71.9 Å². The zero-order chi connectivity index (χ0) is 28.2. The second kappa shape index (κ2) is 12.5. The molecule has 1 saturated heterocycles. The van der Waals surface area contributed by atoms with E-state index in [-0.39, 0.29) is 29.6 Å². The van der Waals surface area contributed by atoms with Crippen molar-refractivity contribution in [2.45, 2.75) is 110 Å². The zero-order valence-corrected chi connectivity index (χ0v) is 23.7. The van der Waals surface area contributed by atoms with Gasteiger partial charge in [-0.05, 0) is 70.1 Å². The molecule has 2 saturated carbocycles. The van der Waals surface area contributed by atoms with Gasteiger partial charge in [0.2, 0.25) is 11.8 Å². The van der Waals surface area contributed by atoms with E-state index < -0.39 is 47.5 Å². The monoisotopic (exact) mass is 535 g/mol. The standard InChI is InChI=1S/C28H45N3O7/c1-16(2)19-13-14-31(22(19)24(33)29-20(15-17-11-12-17)23(32)26(35)37-6)25(34)21(18-9-7-8-10-18)30-27(36)38-28(3,4)5/h16-22H,7-15H2,1-6H3,(H,29,33)(H,30,36)/t19?,20?,21-,22-/m0/s1. The van der Waals surface area contributed by atoms with Gasteiger partial charge >= 0.3 is 12.1 Å². The molecular formula is C28H45N3O7. The van der Waals surface area contributed by atoms with E-state index in [1.54, 1.807) is 25.7 Å². The molecule has 1 heterocycles. The maximum absolute atomic E-state index is 14.0. The number of methoxy groups -OCH3 is 1. The van der Waals surface area contributed by atoms with Crippen LogP contribution in [0.15, 0.2) is 0 Å². The number of ether oxygens (including phenoxy) is 2. The third-order valence-corrected chi connectivity index (χ3v) is 7.95. The first-order valence-corrected chi connectivity index (χ1v) is 14.0. The van der Waals surface area contributed by atoms with Crippen molar-refractivity contribution in [2.24, 2.45) is 23.7 Å². The maximum Gasteiger partial charge on any atom is 0.408 e. The molecule has 3 amide bonds. The van der Waals surface area contributed by atoms with E-state index in [4.69, 9.17) is 4.74 Å². The third-order valence-electron chi connectivity index (χ3n) is 7.95. The third kappa shape index (κ3) is 7.69. The average molecular weight is 536 g/mol. The van der Waals surface area contributed by atoms with Crippen molar-refractivity contribution in [3.8, 4) is 0 Å². The van der Waals surface area contributed by atoms with E-state index in [1.807, 2.05) is 13.8 Å². The lowest BCUT2D eigenvalue weighted by atomic mass is 9.87. The summed E-state index contributed by atoms with van der Waals surface area (Å²) in [6.45, 7) is 9.68. The number of carbonyl (C=O) groups is 5. The highest BCUT2D eigenvalue weighted by Gasteiger charge is 2.47. The number of hydrogen-bond acceptors (Lipinski definition) is 7. The first-order valence-electron chi connectivity index (χ1n) is 14.0. The van der Waals surface area contributed by atoms with Gasteiger partial charge in [-0.15, -0.1) is 0 Å². The number of esters is 1. The number of Topliss-reactive ketones (excluding diaryl/α,β-unsaturated/α-hetero) is 1. The highest BCUT2D eigenvalue weighted by molar-refractivity contribution is 6.36. The molecule has 0 bridgehead atoms. The minimum absolute atomic E-state index is 0.0413. The molecular weight excluding hydrogens is 490 g/mol. The molecule has 3 aliphatic rings. The summed E-state index contributed by atoms with van der Waals surface area (Å²) in [6, 6.07) is -2.59. The second-order valence-electron chi connectivity index (χ2n) is 12.4. The fourth-order valence-corrected chi connectivity index (χ4v) is 5.80. The SMILES string of the molecule is COC(=O)C(=O)C(CC1CC1)NC(=O)[C@@H]1C(C(C)C)CCN1C(=O)[C@@H](NC(=O)OC(C)(C)C)C1CCCC1. The summed E-state index contributed by atoms with van der Waals surface area (Å²) in [4.78, 5) is 66.7. The first kappa shape index (κ1) is 29.9. The van der Waals surface area contributed by atoms with Gasteiger partial charge in [0.05, 0.1) is 13.2 Å². The number of carbonyl (C=O) groups excluding carboxylic acids is 5. The molecule has 0 aromatic carbocycles. The lowest BCUT2D eigenvalue weighted by Crippen LogP contribution is -2.59. The highest BCUT2D eigenvalue weighted by Crippen LogP contribution is 2.36. The average Bonchev–Trinajstić information content (AvgIpc) is 3.31. The predicted octanol–water partition coefficient (Wildman–Crippen LogP) is 2.97. The number of amides is 3. The maximum atomic E-state index is 14.0. The molecule has 3 fully saturated rings. The van der Waals surface area contributed by atoms with Gasteiger partial charge in [-0.1, -0.05) is 39.5 Å². The lowest BCUT2D eigenvalue weighted by Gasteiger charge is -2.34. The fourth-order valence-electron chi connectivity index (χ4n) is 5.80. The number of ketones is 1. The van der Waals surface area contributed by atoms with Crippen molar-refractivity contribution in [1.29, 1.82) is 0 Å². The summed E-state index contributed by atoms with van der Waals surface area (Å²) in [5, 5.41) is 5.61. The minimum atomic E-state index is -0.988. The van der Waals surface area contributed by atoms with Crippen LogP contribution in [0, 0.1) is 23.7 Å². The zero-order valence-electron chi connectivity index (χ0n) is 23.7. The highest BCUT2D eigenvalue weighted by atomic mass is 16.6. The topological polar surface area (TPSA) is 131 Å². The van der Waals surface area contributed by atoms with Gasteiger partial charge in [0, 0.05) is 6.54 Å². The predicted molar refractivity (Wildman–Crippen MR) is 140 cm³/mol. The molecule has 4 atom stereocenters. The molecule has 2 N–H and O–H groups in total. The Bertz CT molecular complexity index is 903. The summed E-state index contributed by atoms with van der Waals surface area (Å²) in [5.74, 6) is -2.30. The van der Waals surface area contributed by atoms with Crippen LogP contribution in [0.1, 0.15) is 86.0 Å². The smallest absolute Gasteiger partial charge is 0.408 e. The molecule has 1 aliphatic heterocycles. The lowest BCUT2D eigenvalue weighted by molar-refractivity contribution is -0.153. The van der Waals surface area contributed by atoms with Crippen LogP contribution in [0.4, 0.5) is 4.79 Å². The molecule has 2 aliphatic carbocycles. The van der Waals surface area contributed by atoms with Gasteiger partial charge in [-0.3, -0.25) is 14.4 Å². The number of likely N-dealkylation sites (tertiary alicyclic amines) is 1. The van der Waals surface area contributed by atoms with Crippen molar-refractivity contribution in [2.75, 3.05) is 13.7 Å². The molecule has 0 spiro atoms. The first-order chi connectivity index (χ1) is 17.8. The minimum Gasteiger partial charge on any atom is -0.463 e. The summed E-state index contributed by atoms with van der Waals surface area (Å²) >= 11 is 0. The largest absolute Gasteiger partial charge is 0.463 e. The number of alkyl carbamates (subject to hydrolysis) is 1. The van der Waals surface area contributed by atoms with Crippen LogP contribution in [-0.2, 0) is 28.7 Å². The van der Waals surface area contributed by atoms with E-state index >= 15 is 0 Å². The van der Waals surface area contributed by atoms with Gasteiger partial charge in [0.25, 0.3) is 5.78 Å². The van der Waals surface area contributed by atoms with Crippen molar-refractivity contribution in [3.63, 3.8) is 0 Å². The summed E-state index contributed by atoms with van der Waals surface area (Å²) < 4.78 is 10.1. The molecule has 0 aromatic heterocycles. The fraction of sp³-hybridized carbons (Fsp3) is 0.821. The van der Waals surface area contributed by atoms with Gasteiger partial charge in [0.15, 0.2) is 0 Å². The molecule has 38 heavy (non-hydrogen) atoms. The van der Waals surface area contributed by atoms with E-state index in [1.165, 1.54) is 0 Å². The number of hydrogen-bond donors (Lipinski definition) is 2. The van der Waals surface area contributed by atoms with E-state index in [0.29, 0.717) is 19.4 Å². The Morgan fingerprint density at radius 3 is 2.11 bits per heavy atom. The second-order valence-corrected chi connectivity index (χ2v) is 12.4. The van der Waals surface area contributed by atoms with Crippen LogP contribution >= 0.6 is 0 Å². The van der Waals surface area contributed by atoms with Crippen LogP contribution < -0.4 is 10.6 Å². The Morgan fingerprint density at radius 2 is 1.58 bits per heavy atom. The van der Waals surface area contributed by atoms with Crippen LogP contribution in [0.2, 0.25) is 0 Å². The van der Waals surface area contributed by atoms with Crippen molar-refractivity contribution in [3.05, 3.63) is 0 Å². The Morgan fingerprint density at radius 1 is 0.947 bits per heavy atom. The Labute approximate surface area is 225 Å². The quantitative estimate of drug-likeness (QED) is 0.325. The number of nitrogens with one attached hydrogen (secondary N) is 2. The van der Waals surface area contributed by atoms with Gasteiger partial charge < -0.3 is 25.0 Å². The van der Waals surface area contributed by atoms with Crippen molar-refractivity contribution >= 4 is 29.7 Å². The van der Waals surface area contributed by atoms with Crippen molar-refractivity contribution < 1.29 is 33.4 Å². The molecule has 10 nitrogen and oxygen atoms in total. The molecule has 2 unspecified atom stereocenters. The van der Waals surface area contributed by atoms with Gasteiger partial charge in [-0.2, -0.15) is 0 Å². The van der Waals surface area contributed by atoms with Gasteiger partial charge in [-0.25, -0.2) is 9.59 Å². The Balaban J connectivity index is 1.83. The van der Waals surface area contributed by atoms with Crippen LogP contribution in [0.3, 0.4) is 0 Å². The van der Waals surface area contributed by atoms with E-state index in [9.17, 15) is 24.0 Å². The molecule has 10 heteroatoms. The number of rotatable bonds is 10. The van der Waals surface area contributed by atoms with Crippen LogP contribution in [0.5, 0.6) is 0 Å². The molecule has 0 aromatic rings. The Hall–Kier alpha value is -2.65. The van der Waals surface area contributed by atoms with E-state index in [2.05, 4.69) is 15.4 Å². The molecule has 0 radical (unpaired) electrons. The summed E-state index contributed by atoms with van der Waals surface area (Å²) in [5.41, 5.74) is -0.713. The Kier molecular flexibility index (Phi) is 9.81. The van der Waals surface area contributed by atoms with Crippen molar-refractivity contribution in [1.82, 2.24) is 15.5 Å². The molecule has 3 rings (SSSR count). The summed E-state index contributed by atoms with van der Waals surface area (Å²) in [7, 11) is 1.14. The molecule has 214 valence electrons. The normalized spacial score (nSPS) is 23.6.